The predicted molar refractivity (Wildman–Crippen MR) is 80.3 cm³/mol. The largest absolute Gasteiger partial charge is 0.491 e. The van der Waals surface area contributed by atoms with Crippen LogP contribution in [0.4, 0.5) is 0 Å². The molecule has 0 aromatic heterocycles. The van der Waals surface area contributed by atoms with Gasteiger partial charge >= 0.3 is 0 Å². The first-order valence-corrected chi connectivity index (χ1v) is 7.52. The van der Waals surface area contributed by atoms with Crippen LogP contribution in [0, 0.1) is 0 Å². The molecule has 3 heteroatoms. The smallest absolute Gasteiger partial charge is 0.153 e. The van der Waals surface area contributed by atoms with Crippen LogP contribution in [-0.2, 0) is 0 Å². The number of aldehydes is 1. The van der Waals surface area contributed by atoms with Gasteiger partial charge in [0.1, 0.15) is 12.4 Å². The summed E-state index contributed by atoms with van der Waals surface area (Å²) in [6, 6.07) is 7.23. The number of carbonyl (C=O) groups excluding carboxylic acids is 1. The first-order valence-electron chi connectivity index (χ1n) is 7.09. The van der Waals surface area contributed by atoms with Crippen LogP contribution in [0.25, 0.3) is 0 Å². The quantitative estimate of drug-likeness (QED) is 0.348. The van der Waals surface area contributed by atoms with Crippen molar-refractivity contribution >= 4 is 17.9 Å². The van der Waals surface area contributed by atoms with E-state index in [2.05, 4.69) is 6.92 Å². The van der Waals surface area contributed by atoms with E-state index in [1.54, 1.807) is 12.1 Å². The van der Waals surface area contributed by atoms with E-state index in [1.165, 1.54) is 25.7 Å². The summed E-state index contributed by atoms with van der Waals surface area (Å²) < 4.78 is 5.60. The van der Waals surface area contributed by atoms with Crippen LogP contribution in [0.3, 0.4) is 0 Å². The molecule has 0 saturated carbocycles. The number of hydrogen-bond acceptors (Lipinski definition) is 2. The summed E-state index contributed by atoms with van der Waals surface area (Å²) in [5.41, 5.74) is 0.578. The molecule has 19 heavy (non-hydrogen) atoms. The van der Waals surface area contributed by atoms with Gasteiger partial charge in [-0.1, -0.05) is 51.2 Å². The molecule has 0 heterocycles. The SMILES string of the molecule is CCCCCCCC(Cl)COc1ccccc1C=O. The van der Waals surface area contributed by atoms with E-state index in [0.717, 1.165) is 19.1 Å². The highest BCUT2D eigenvalue weighted by molar-refractivity contribution is 6.20. The molecule has 2 nitrogen and oxygen atoms in total. The predicted octanol–water partition coefficient (Wildman–Crippen LogP) is 4.85. The van der Waals surface area contributed by atoms with Gasteiger partial charge in [-0.25, -0.2) is 0 Å². The Hall–Kier alpha value is -1.02. The Balaban J connectivity index is 2.22. The fourth-order valence-electron chi connectivity index (χ4n) is 1.94. The molecule has 0 aliphatic carbocycles. The molecule has 0 fully saturated rings. The molecule has 0 aliphatic rings. The van der Waals surface area contributed by atoms with Crippen molar-refractivity contribution in [3.05, 3.63) is 29.8 Å². The molecular weight excluding hydrogens is 260 g/mol. The number of ether oxygens (including phenoxy) is 1. The van der Waals surface area contributed by atoms with Crippen LogP contribution in [0.2, 0.25) is 0 Å². The second-order valence-corrected chi connectivity index (χ2v) is 5.38. The maximum Gasteiger partial charge on any atom is 0.153 e. The Morgan fingerprint density at radius 3 is 2.68 bits per heavy atom. The van der Waals surface area contributed by atoms with Crippen molar-refractivity contribution in [2.75, 3.05) is 6.61 Å². The summed E-state index contributed by atoms with van der Waals surface area (Å²) in [6.45, 7) is 2.67. The van der Waals surface area contributed by atoms with Crippen LogP contribution in [0.15, 0.2) is 24.3 Å². The molecule has 0 radical (unpaired) electrons. The maximum atomic E-state index is 10.8. The van der Waals surface area contributed by atoms with Crippen LogP contribution < -0.4 is 4.74 Å². The number of para-hydroxylation sites is 1. The van der Waals surface area contributed by atoms with Gasteiger partial charge in [0.15, 0.2) is 6.29 Å². The van der Waals surface area contributed by atoms with E-state index in [1.807, 2.05) is 12.1 Å². The molecule has 1 atom stereocenters. The van der Waals surface area contributed by atoms with Crippen LogP contribution in [-0.4, -0.2) is 18.3 Å². The molecule has 1 unspecified atom stereocenters. The molecule has 0 amide bonds. The summed E-state index contributed by atoms with van der Waals surface area (Å²) in [6.07, 6.45) is 8.01. The Morgan fingerprint density at radius 2 is 1.95 bits per heavy atom. The summed E-state index contributed by atoms with van der Waals surface area (Å²) >= 11 is 6.23. The van der Waals surface area contributed by atoms with E-state index >= 15 is 0 Å². The lowest BCUT2D eigenvalue weighted by atomic mass is 10.1. The monoisotopic (exact) mass is 282 g/mol. The van der Waals surface area contributed by atoms with Crippen molar-refractivity contribution in [3.8, 4) is 5.75 Å². The molecular formula is C16H23ClO2. The van der Waals surface area contributed by atoms with Gasteiger partial charge in [0.05, 0.1) is 10.9 Å². The molecule has 1 aromatic carbocycles. The number of rotatable bonds is 10. The van der Waals surface area contributed by atoms with E-state index in [0.29, 0.717) is 17.9 Å². The fraction of sp³-hybridized carbons (Fsp3) is 0.562. The third kappa shape index (κ3) is 6.63. The summed E-state index contributed by atoms with van der Waals surface area (Å²) in [4.78, 5) is 10.8. The fourth-order valence-corrected chi connectivity index (χ4v) is 2.16. The molecule has 0 N–H and O–H groups in total. The van der Waals surface area contributed by atoms with Crippen molar-refractivity contribution in [1.82, 2.24) is 0 Å². The molecule has 0 aliphatic heterocycles. The number of alkyl halides is 1. The molecule has 0 saturated heterocycles. The second-order valence-electron chi connectivity index (χ2n) is 4.77. The Bertz CT molecular complexity index is 366. The van der Waals surface area contributed by atoms with Gasteiger partial charge in [0.2, 0.25) is 0 Å². The van der Waals surface area contributed by atoms with Gasteiger partial charge in [0, 0.05) is 0 Å². The first-order chi connectivity index (χ1) is 9.27. The third-order valence-electron chi connectivity index (χ3n) is 3.09. The van der Waals surface area contributed by atoms with Gasteiger partial charge in [-0.2, -0.15) is 0 Å². The third-order valence-corrected chi connectivity index (χ3v) is 3.43. The number of benzene rings is 1. The van der Waals surface area contributed by atoms with Crippen molar-refractivity contribution in [1.29, 1.82) is 0 Å². The zero-order valence-corrected chi connectivity index (χ0v) is 12.4. The topological polar surface area (TPSA) is 26.3 Å². The second kappa shape index (κ2) is 9.85. The molecule has 0 bridgehead atoms. The van der Waals surface area contributed by atoms with Gasteiger partial charge in [0.25, 0.3) is 0 Å². The van der Waals surface area contributed by atoms with E-state index in [4.69, 9.17) is 16.3 Å². The van der Waals surface area contributed by atoms with E-state index in [9.17, 15) is 4.79 Å². The number of hydrogen-bond donors (Lipinski definition) is 0. The molecule has 0 spiro atoms. The van der Waals surface area contributed by atoms with Crippen LogP contribution in [0.1, 0.15) is 55.8 Å². The average molecular weight is 283 g/mol. The highest BCUT2D eigenvalue weighted by Crippen LogP contribution is 2.18. The number of carbonyl (C=O) groups is 1. The lowest BCUT2D eigenvalue weighted by molar-refractivity contribution is 0.111. The van der Waals surface area contributed by atoms with Gasteiger partial charge in [-0.15, -0.1) is 11.6 Å². The van der Waals surface area contributed by atoms with Crippen molar-refractivity contribution in [2.45, 2.75) is 50.8 Å². The summed E-state index contributed by atoms with van der Waals surface area (Å²) in [7, 11) is 0. The standard InChI is InChI=1S/C16H23ClO2/c1-2-3-4-5-6-10-15(17)13-19-16-11-8-7-9-14(16)12-18/h7-9,11-12,15H,2-6,10,13H2,1H3. The number of halogens is 1. The first kappa shape index (κ1) is 16.0. The van der Waals surface area contributed by atoms with Crippen molar-refractivity contribution in [2.24, 2.45) is 0 Å². The van der Waals surface area contributed by atoms with Gasteiger partial charge < -0.3 is 4.74 Å². The van der Waals surface area contributed by atoms with Crippen LogP contribution >= 0.6 is 11.6 Å². The van der Waals surface area contributed by atoms with Gasteiger partial charge in [-0.3, -0.25) is 4.79 Å². The van der Waals surface area contributed by atoms with Crippen LogP contribution in [0.5, 0.6) is 5.75 Å². The van der Waals surface area contributed by atoms with Crippen molar-refractivity contribution in [3.63, 3.8) is 0 Å². The normalized spacial score (nSPS) is 12.1. The highest BCUT2D eigenvalue weighted by atomic mass is 35.5. The lowest BCUT2D eigenvalue weighted by Gasteiger charge is -2.12. The van der Waals surface area contributed by atoms with Crippen molar-refractivity contribution < 1.29 is 9.53 Å². The summed E-state index contributed by atoms with van der Waals surface area (Å²) in [5, 5.41) is 0.0151. The zero-order chi connectivity index (χ0) is 13.9. The molecule has 106 valence electrons. The highest BCUT2D eigenvalue weighted by Gasteiger charge is 2.07. The maximum absolute atomic E-state index is 10.8. The zero-order valence-electron chi connectivity index (χ0n) is 11.6. The molecule has 1 aromatic rings. The Morgan fingerprint density at radius 1 is 1.21 bits per heavy atom. The Labute approximate surface area is 121 Å². The minimum Gasteiger partial charge on any atom is -0.491 e. The average Bonchev–Trinajstić information content (AvgIpc) is 2.45. The van der Waals surface area contributed by atoms with Gasteiger partial charge in [-0.05, 0) is 18.6 Å². The minimum atomic E-state index is 0.0151. The summed E-state index contributed by atoms with van der Waals surface area (Å²) in [5.74, 6) is 0.620. The minimum absolute atomic E-state index is 0.0151. The number of unbranched alkanes of at least 4 members (excludes halogenated alkanes) is 4. The molecule has 1 rings (SSSR count). The van der Waals surface area contributed by atoms with E-state index in [-0.39, 0.29) is 5.38 Å². The Kier molecular flexibility index (Phi) is 8.31. The van der Waals surface area contributed by atoms with E-state index < -0.39 is 0 Å². The lowest BCUT2D eigenvalue weighted by Crippen LogP contribution is -2.12.